The SMILES string of the molecule is COc1ccc(Nc2ccc(NC(=O)Cc3ccc(C)cc3)cn2)cc1Cl. The van der Waals surface area contributed by atoms with E-state index in [0.717, 1.165) is 11.3 Å². The van der Waals surface area contributed by atoms with Crippen molar-refractivity contribution in [3.05, 3.63) is 76.9 Å². The second kappa shape index (κ2) is 8.56. The second-order valence-corrected chi connectivity index (χ2v) is 6.52. The number of hydrogen-bond donors (Lipinski definition) is 2. The van der Waals surface area contributed by atoms with Crippen LogP contribution in [0, 0.1) is 6.92 Å². The van der Waals surface area contributed by atoms with Crippen LogP contribution in [0.1, 0.15) is 11.1 Å². The van der Waals surface area contributed by atoms with E-state index in [1.165, 1.54) is 5.56 Å². The average molecular weight is 382 g/mol. The van der Waals surface area contributed by atoms with Crippen molar-refractivity contribution < 1.29 is 9.53 Å². The Morgan fingerprint density at radius 2 is 1.81 bits per heavy atom. The maximum atomic E-state index is 12.2. The Kier molecular flexibility index (Phi) is 5.94. The number of methoxy groups -OCH3 is 1. The van der Waals surface area contributed by atoms with Crippen molar-refractivity contribution in [3.8, 4) is 5.75 Å². The van der Waals surface area contributed by atoms with E-state index in [-0.39, 0.29) is 5.91 Å². The Morgan fingerprint density at radius 1 is 1.07 bits per heavy atom. The van der Waals surface area contributed by atoms with Gasteiger partial charge >= 0.3 is 0 Å². The standard InChI is InChI=1S/C21H20ClN3O2/c1-14-3-5-15(6-4-14)11-21(26)25-17-8-10-20(23-13-17)24-16-7-9-19(27-2)18(22)12-16/h3-10,12-13H,11H2,1-2H3,(H,23,24)(H,25,26). The van der Waals surface area contributed by atoms with Crippen LogP contribution in [0.5, 0.6) is 5.75 Å². The minimum Gasteiger partial charge on any atom is -0.495 e. The summed E-state index contributed by atoms with van der Waals surface area (Å²) in [6.45, 7) is 2.02. The summed E-state index contributed by atoms with van der Waals surface area (Å²) in [5.41, 5.74) is 3.58. The van der Waals surface area contributed by atoms with Crippen molar-refractivity contribution >= 4 is 34.7 Å². The van der Waals surface area contributed by atoms with Gasteiger partial charge < -0.3 is 15.4 Å². The summed E-state index contributed by atoms with van der Waals surface area (Å²) in [5, 5.41) is 6.53. The van der Waals surface area contributed by atoms with Gasteiger partial charge in [0.25, 0.3) is 0 Å². The minimum absolute atomic E-state index is 0.0803. The van der Waals surface area contributed by atoms with E-state index < -0.39 is 0 Å². The van der Waals surface area contributed by atoms with Gasteiger partial charge in [-0.25, -0.2) is 4.98 Å². The van der Waals surface area contributed by atoms with Gasteiger partial charge in [0.05, 0.1) is 30.4 Å². The number of ether oxygens (including phenoxy) is 1. The summed E-state index contributed by atoms with van der Waals surface area (Å²) in [7, 11) is 1.57. The predicted molar refractivity (Wildman–Crippen MR) is 109 cm³/mol. The molecule has 0 aliphatic rings. The van der Waals surface area contributed by atoms with Crippen molar-refractivity contribution in [2.24, 2.45) is 0 Å². The lowest BCUT2D eigenvalue weighted by Crippen LogP contribution is -2.14. The number of carbonyl (C=O) groups excluding carboxylic acids is 1. The van der Waals surface area contributed by atoms with Crippen LogP contribution in [0.25, 0.3) is 0 Å². The van der Waals surface area contributed by atoms with Gasteiger partial charge in [-0.2, -0.15) is 0 Å². The van der Waals surface area contributed by atoms with Crippen LogP contribution in [0.3, 0.4) is 0 Å². The van der Waals surface area contributed by atoms with Crippen LogP contribution >= 0.6 is 11.6 Å². The third kappa shape index (κ3) is 5.21. The lowest BCUT2D eigenvalue weighted by atomic mass is 10.1. The molecule has 1 heterocycles. The number of hydrogen-bond acceptors (Lipinski definition) is 4. The lowest BCUT2D eigenvalue weighted by molar-refractivity contribution is -0.115. The molecule has 138 valence electrons. The molecule has 0 aliphatic carbocycles. The van der Waals surface area contributed by atoms with E-state index in [9.17, 15) is 4.79 Å². The predicted octanol–water partition coefficient (Wildman–Crippen LogP) is 4.98. The third-order valence-corrected chi connectivity index (χ3v) is 4.25. The van der Waals surface area contributed by atoms with Gasteiger partial charge in [-0.3, -0.25) is 4.79 Å². The Balaban J connectivity index is 1.59. The van der Waals surface area contributed by atoms with Gasteiger partial charge in [-0.05, 0) is 42.8 Å². The molecule has 0 spiro atoms. The molecule has 1 amide bonds. The molecule has 2 aromatic carbocycles. The summed E-state index contributed by atoms with van der Waals surface area (Å²) >= 11 is 6.12. The first kappa shape index (κ1) is 18.7. The van der Waals surface area contributed by atoms with Gasteiger partial charge in [0, 0.05) is 5.69 Å². The van der Waals surface area contributed by atoms with Crippen molar-refractivity contribution in [1.29, 1.82) is 0 Å². The first-order valence-corrected chi connectivity index (χ1v) is 8.83. The lowest BCUT2D eigenvalue weighted by Gasteiger charge is -2.09. The first-order valence-electron chi connectivity index (χ1n) is 8.45. The number of nitrogens with zero attached hydrogens (tertiary/aromatic N) is 1. The van der Waals surface area contributed by atoms with Crippen LogP contribution in [-0.2, 0) is 11.2 Å². The highest BCUT2D eigenvalue weighted by Crippen LogP contribution is 2.28. The molecule has 6 heteroatoms. The molecule has 0 bridgehead atoms. The summed E-state index contributed by atoms with van der Waals surface area (Å²) in [5.74, 6) is 1.18. The number of nitrogens with one attached hydrogen (secondary N) is 2. The zero-order valence-corrected chi connectivity index (χ0v) is 15.9. The summed E-state index contributed by atoms with van der Waals surface area (Å²) in [4.78, 5) is 16.5. The number of pyridine rings is 1. The van der Waals surface area contributed by atoms with Crippen molar-refractivity contribution in [2.45, 2.75) is 13.3 Å². The molecule has 1 aromatic heterocycles. The summed E-state index contributed by atoms with van der Waals surface area (Å²) < 4.78 is 5.14. The number of halogens is 1. The van der Waals surface area contributed by atoms with Crippen LogP contribution in [0.2, 0.25) is 5.02 Å². The van der Waals surface area contributed by atoms with Crippen LogP contribution in [-0.4, -0.2) is 18.0 Å². The number of amides is 1. The fraction of sp³-hybridized carbons (Fsp3) is 0.143. The highest BCUT2D eigenvalue weighted by molar-refractivity contribution is 6.32. The van der Waals surface area contributed by atoms with E-state index >= 15 is 0 Å². The van der Waals surface area contributed by atoms with Gasteiger partial charge in [-0.15, -0.1) is 0 Å². The Hall–Kier alpha value is -3.05. The molecule has 0 saturated heterocycles. The molecule has 5 nitrogen and oxygen atoms in total. The van der Waals surface area contributed by atoms with Crippen LogP contribution < -0.4 is 15.4 Å². The molecule has 0 saturated carbocycles. The molecule has 0 aliphatic heterocycles. The molecule has 2 N–H and O–H groups in total. The van der Waals surface area contributed by atoms with E-state index in [1.807, 2.05) is 37.3 Å². The van der Waals surface area contributed by atoms with Gasteiger partial charge in [-0.1, -0.05) is 41.4 Å². The zero-order chi connectivity index (χ0) is 19.2. The Labute approximate surface area is 163 Å². The smallest absolute Gasteiger partial charge is 0.228 e. The zero-order valence-electron chi connectivity index (χ0n) is 15.1. The molecule has 0 fully saturated rings. The fourth-order valence-electron chi connectivity index (χ4n) is 2.53. The number of rotatable bonds is 6. The highest BCUT2D eigenvalue weighted by atomic mass is 35.5. The quantitative estimate of drug-likeness (QED) is 0.632. The van der Waals surface area contributed by atoms with E-state index in [4.69, 9.17) is 16.3 Å². The number of carbonyl (C=O) groups is 1. The number of aromatic nitrogens is 1. The van der Waals surface area contributed by atoms with E-state index in [2.05, 4.69) is 15.6 Å². The molecule has 3 aromatic rings. The fourth-order valence-corrected chi connectivity index (χ4v) is 2.79. The normalized spacial score (nSPS) is 10.3. The Bertz CT molecular complexity index is 925. The third-order valence-electron chi connectivity index (χ3n) is 3.96. The molecular formula is C21H20ClN3O2. The largest absolute Gasteiger partial charge is 0.495 e. The molecule has 0 atom stereocenters. The molecule has 27 heavy (non-hydrogen) atoms. The summed E-state index contributed by atoms with van der Waals surface area (Å²) in [6, 6.07) is 16.9. The topological polar surface area (TPSA) is 63.2 Å². The Morgan fingerprint density at radius 3 is 2.44 bits per heavy atom. The number of benzene rings is 2. The van der Waals surface area contributed by atoms with E-state index in [1.54, 1.807) is 37.6 Å². The maximum Gasteiger partial charge on any atom is 0.228 e. The first-order chi connectivity index (χ1) is 13.0. The monoisotopic (exact) mass is 381 g/mol. The highest BCUT2D eigenvalue weighted by Gasteiger charge is 2.06. The molecular weight excluding hydrogens is 362 g/mol. The molecule has 0 radical (unpaired) electrons. The van der Waals surface area contributed by atoms with Crippen molar-refractivity contribution in [2.75, 3.05) is 17.7 Å². The molecule has 0 unspecified atom stereocenters. The van der Waals surface area contributed by atoms with Crippen LogP contribution in [0.4, 0.5) is 17.2 Å². The average Bonchev–Trinajstić information content (AvgIpc) is 2.65. The number of aryl methyl sites for hydroxylation is 1. The molecule has 3 rings (SSSR count). The van der Waals surface area contributed by atoms with Crippen molar-refractivity contribution in [3.63, 3.8) is 0 Å². The van der Waals surface area contributed by atoms with Crippen LogP contribution in [0.15, 0.2) is 60.8 Å². The maximum absolute atomic E-state index is 12.2. The van der Waals surface area contributed by atoms with Gasteiger partial charge in [0.1, 0.15) is 11.6 Å². The second-order valence-electron chi connectivity index (χ2n) is 6.12. The number of anilines is 3. The van der Waals surface area contributed by atoms with Gasteiger partial charge in [0.2, 0.25) is 5.91 Å². The summed E-state index contributed by atoms with van der Waals surface area (Å²) in [6.07, 6.45) is 1.94. The van der Waals surface area contributed by atoms with Gasteiger partial charge in [0.15, 0.2) is 0 Å². The minimum atomic E-state index is -0.0803. The van der Waals surface area contributed by atoms with Crippen molar-refractivity contribution in [1.82, 2.24) is 4.98 Å². The van der Waals surface area contributed by atoms with E-state index in [0.29, 0.717) is 28.7 Å².